The maximum atomic E-state index is 9.51. The molecule has 0 saturated heterocycles. The summed E-state index contributed by atoms with van der Waals surface area (Å²) in [6.07, 6.45) is 2.16. The van der Waals surface area contributed by atoms with Crippen LogP contribution in [0.15, 0.2) is 0 Å². The molecular formula is C15H32O7. The minimum Gasteiger partial charge on any atom is -0.396 e. The lowest BCUT2D eigenvalue weighted by Crippen LogP contribution is -2.29. The van der Waals surface area contributed by atoms with Crippen LogP contribution in [0.2, 0.25) is 0 Å². The van der Waals surface area contributed by atoms with Crippen LogP contribution in [-0.4, -0.2) is 87.5 Å². The molecule has 0 spiro atoms. The molecule has 2 atom stereocenters. The van der Waals surface area contributed by atoms with Gasteiger partial charge in [-0.3, -0.25) is 0 Å². The molecule has 0 aromatic carbocycles. The molecular weight excluding hydrogens is 292 g/mol. The lowest BCUT2D eigenvalue weighted by Gasteiger charge is -2.19. The predicted octanol–water partition coefficient (Wildman–Crippen LogP) is -0.0429. The molecule has 0 fully saturated rings. The van der Waals surface area contributed by atoms with E-state index >= 15 is 0 Å². The molecule has 0 aromatic heterocycles. The van der Waals surface area contributed by atoms with E-state index in [1.54, 1.807) is 0 Å². The average molecular weight is 324 g/mol. The zero-order valence-electron chi connectivity index (χ0n) is 13.6. The lowest BCUT2D eigenvalue weighted by molar-refractivity contribution is -0.0793. The van der Waals surface area contributed by atoms with E-state index in [0.717, 1.165) is 19.3 Å². The van der Waals surface area contributed by atoms with Gasteiger partial charge in [-0.1, -0.05) is 0 Å². The molecule has 134 valence electrons. The van der Waals surface area contributed by atoms with Crippen molar-refractivity contribution in [1.29, 1.82) is 0 Å². The number of aliphatic hydroxyl groups is 3. The van der Waals surface area contributed by atoms with Gasteiger partial charge in [0.1, 0.15) is 12.2 Å². The quantitative estimate of drug-likeness (QED) is 0.323. The summed E-state index contributed by atoms with van der Waals surface area (Å²) < 4.78 is 21.4. The fourth-order valence-electron chi connectivity index (χ4n) is 1.71. The Morgan fingerprint density at radius 1 is 0.773 bits per heavy atom. The first-order valence-electron chi connectivity index (χ1n) is 7.90. The second-order valence-electron chi connectivity index (χ2n) is 5.08. The SMILES string of the molecule is COCC(O)COCC(COCCCCO)OCCCCO. The Kier molecular flexibility index (Phi) is 16.9. The fourth-order valence-corrected chi connectivity index (χ4v) is 1.71. The van der Waals surface area contributed by atoms with Crippen LogP contribution in [0.25, 0.3) is 0 Å². The summed E-state index contributed by atoms with van der Waals surface area (Å²) in [5.41, 5.74) is 0. The molecule has 0 bridgehead atoms. The molecule has 0 saturated carbocycles. The van der Waals surface area contributed by atoms with E-state index in [1.165, 1.54) is 7.11 Å². The van der Waals surface area contributed by atoms with Crippen molar-refractivity contribution in [3.63, 3.8) is 0 Å². The van der Waals surface area contributed by atoms with Crippen LogP contribution in [0, 0.1) is 0 Å². The van der Waals surface area contributed by atoms with Crippen LogP contribution in [0.3, 0.4) is 0 Å². The third-order valence-electron chi connectivity index (χ3n) is 2.88. The molecule has 0 aliphatic carbocycles. The van der Waals surface area contributed by atoms with Crippen molar-refractivity contribution >= 4 is 0 Å². The van der Waals surface area contributed by atoms with E-state index < -0.39 is 6.10 Å². The highest BCUT2D eigenvalue weighted by molar-refractivity contribution is 4.58. The highest BCUT2D eigenvalue weighted by Gasteiger charge is 2.12. The number of unbranched alkanes of at least 4 members (excludes halogenated alkanes) is 2. The van der Waals surface area contributed by atoms with Gasteiger partial charge in [-0.15, -0.1) is 0 Å². The van der Waals surface area contributed by atoms with Crippen LogP contribution in [-0.2, 0) is 18.9 Å². The fraction of sp³-hybridized carbons (Fsp3) is 1.00. The van der Waals surface area contributed by atoms with Crippen molar-refractivity contribution < 1.29 is 34.3 Å². The summed E-state index contributed by atoms with van der Waals surface area (Å²) >= 11 is 0. The second kappa shape index (κ2) is 17.1. The van der Waals surface area contributed by atoms with Crippen LogP contribution in [0.1, 0.15) is 25.7 Å². The minimum absolute atomic E-state index is 0.158. The van der Waals surface area contributed by atoms with Gasteiger partial charge in [-0.25, -0.2) is 0 Å². The second-order valence-corrected chi connectivity index (χ2v) is 5.08. The molecule has 7 heteroatoms. The van der Waals surface area contributed by atoms with Crippen molar-refractivity contribution in [3.8, 4) is 0 Å². The maximum absolute atomic E-state index is 9.51. The Bertz CT molecular complexity index is 216. The Morgan fingerprint density at radius 3 is 2.05 bits per heavy atom. The smallest absolute Gasteiger partial charge is 0.104 e. The number of rotatable bonds is 17. The van der Waals surface area contributed by atoms with Gasteiger partial charge in [0.25, 0.3) is 0 Å². The van der Waals surface area contributed by atoms with E-state index in [-0.39, 0.29) is 32.5 Å². The zero-order valence-corrected chi connectivity index (χ0v) is 13.6. The molecule has 0 aliphatic heterocycles. The third-order valence-corrected chi connectivity index (χ3v) is 2.88. The van der Waals surface area contributed by atoms with Gasteiger partial charge in [0.05, 0.1) is 26.4 Å². The normalized spacial score (nSPS) is 14.2. The highest BCUT2D eigenvalue weighted by atomic mass is 16.6. The topological polar surface area (TPSA) is 97.6 Å². The molecule has 2 unspecified atom stereocenters. The number of aliphatic hydroxyl groups excluding tert-OH is 3. The van der Waals surface area contributed by atoms with Crippen molar-refractivity contribution in [2.45, 2.75) is 37.9 Å². The number of hydrogen-bond acceptors (Lipinski definition) is 7. The summed E-state index contributed by atoms with van der Waals surface area (Å²) in [6.45, 7) is 2.61. The molecule has 0 amide bonds. The van der Waals surface area contributed by atoms with E-state index in [2.05, 4.69) is 0 Å². The first kappa shape index (κ1) is 21.7. The molecule has 0 rings (SSSR count). The Balaban J connectivity index is 3.83. The molecule has 0 radical (unpaired) electrons. The van der Waals surface area contributed by atoms with Gasteiger partial charge < -0.3 is 34.3 Å². The van der Waals surface area contributed by atoms with Crippen molar-refractivity contribution in [3.05, 3.63) is 0 Å². The van der Waals surface area contributed by atoms with Crippen molar-refractivity contribution in [1.82, 2.24) is 0 Å². The van der Waals surface area contributed by atoms with Crippen molar-refractivity contribution in [2.24, 2.45) is 0 Å². The molecule has 7 nitrogen and oxygen atoms in total. The van der Waals surface area contributed by atoms with Gasteiger partial charge in [0, 0.05) is 33.5 Å². The predicted molar refractivity (Wildman–Crippen MR) is 81.9 cm³/mol. The highest BCUT2D eigenvalue weighted by Crippen LogP contribution is 2.01. The lowest BCUT2D eigenvalue weighted by atomic mass is 10.3. The Labute approximate surface area is 133 Å². The van der Waals surface area contributed by atoms with Crippen LogP contribution < -0.4 is 0 Å². The minimum atomic E-state index is -0.648. The summed E-state index contributed by atoms with van der Waals surface area (Å²) in [5, 5.41) is 26.9. The van der Waals surface area contributed by atoms with Crippen LogP contribution in [0.4, 0.5) is 0 Å². The van der Waals surface area contributed by atoms with E-state index in [1.807, 2.05) is 0 Å². The number of hydrogen-bond donors (Lipinski definition) is 3. The van der Waals surface area contributed by atoms with Crippen molar-refractivity contribution in [2.75, 3.05) is 60.0 Å². The third kappa shape index (κ3) is 14.6. The maximum Gasteiger partial charge on any atom is 0.104 e. The zero-order chi connectivity index (χ0) is 16.5. The molecule has 0 aromatic rings. The van der Waals surface area contributed by atoms with Crippen LogP contribution >= 0.6 is 0 Å². The first-order chi connectivity index (χ1) is 10.7. The molecule has 22 heavy (non-hydrogen) atoms. The standard InChI is InChI=1S/C15H32O7/c1-19-10-14(18)11-21-13-15(22-9-5-3-7-17)12-20-8-4-2-6-16/h14-18H,2-13H2,1H3. The number of methoxy groups -OCH3 is 1. The van der Waals surface area contributed by atoms with Gasteiger partial charge in [0.2, 0.25) is 0 Å². The van der Waals surface area contributed by atoms with E-state index in [0.29, 0.717) is 32.8 Å². The molecule has 0 aliphatic rings. The van der Waals surface area contributed by atoms with Gasteiger partial charge >= 0.3 is 0 Å². The Hall–Kier alpha value is -0.280. The first-order valence-corrected chi connectivity index (χ1v) is 7.90. The van der Waals surface area contributed by atoms with Gasteiger partial charge in [0.15, 0.2) is 0 Å². The number of ether oxygens (including phenoxy) is 4. The summed E-state index contributed by atoms with van der Waals surface area (Å²) in [5.74, 6) is 0. The van der Waals surface area contributed by atoms with Gasteiger partial charge in [-0.2, -0.15) is 0 Å². The molecule has 0 heterocycles. The van der Waals surface area contributed by atoms with E-state index in [9.17, 15) is 5.11 Å². The van der Waals surface area contributed by atoms with E-state index in [4.69, 9.17) is 29.2 Å². The molecule has 3 N–H and O–H groups in total. The average Bonchev–Trinajstić information content (AvgIpc) is 2.51. The largest absolute Gasteiger partial charge is 0.396 e. The Morgan fingerprint density at radius 2 is 1.41 bits per heavy atom. The summed E-state index contributed by atoms with van der Waals surface area (Å²) in [6, 6.07) is 0. The summed E-state index contributed by atoms with van der Waals surface area (Å²) in [7, 11) is 1.52. The summed E-state index contributed by atoms with van der Waals surface area (Å²) in [4.78, 5) is 0. The van der Waals surface area contributed by atoms with Crippen LogP contribution in [0.5, 0.6) is 0 Å². The monoisotopic (exact) mass is 324 g/mol. The van der Waals surface area contributed by atoms with Gasteiger partial charge in [-0.05, 0) is 25.7 Å².